The molecule has 140 valence electrons. The van der Waals surface area contributed by atoms with Crippen molar-refractivity contribution in [3.8, 4) is 0 Å². The van der Waals surface area contributed by atoms with Gasteiger partial charge < -0.3 is 10.1 Å². The van der Waals surface area contributed by atoms with Crippen LogP contribution in [0.15, 0.2) is 72.9 Å². The van der Waals surface area contributed by atoms with Crippen molar-refractivity contribution in [1.82, 2.24) is 0 Å². The van der Waals surface area contributed by atoms with Crippen molar-refractivity contribution >= 4 is 33.3 Å². The summed E-state index contributed by atoms with van der Waals surface area (Å²) in [4.78, 5) is 15.8. The molecule has 4 rings (SSSR count). The van der Waals surface area contributed by atoms with Crippen LogP contribution in [0.5, 0.6) is 0 Å². The van der Waals surface area contributed by atoms with Gasteiger partial charge in [0.1, 0.15) is 5.56 Å². The van der Waals surface area contributed by atoms with Crippen LogP contribution in [0.3, 0.4) is 0 Å². The van der Waals surface area contributed by atoms with Gasteiger partial charge in [-0.05, 0) is 36.4 Å². The van der Waals surface area contributed by atoms with Gasteiger partial charge in [0.2, 0.25) is 5.52 Å². The number of H-pyrrole nitrogens is 1. The number of fused-ring (bicyclic) bond motifs is 3. The summed E-state index contributed by atoms with van der Waals surface area (Å²) in [5, 5.41) is 6.76. The quantitative estimate of drug-likeness (QED) is 0.397. The van der Waals surface area contributed by atoms with Gasteiger partial charge in [0, 0.05) is 6.54 Å². The number of carbonyl (C=O) groups excluding carboxylic acids is 1. The number of aromatic amines is 1. The van der Waals surface area contributed by atoms with Gasteiger partial charge >= 0.3 is 5.97 Å². The van der Waals surface area contributed by atoms with Gasteiger partial charge in [-0.3, -0.25) is 0 Å². The van der Waals surface area contributed by atoms with Crippen LogP contribution in [0.25, 0.3) is 21.7 Å². The van der Waals surface area contributed by atoms with Crippen molar-refractivity contribution < 1.29 is 14.5 Å². The molecule has 0 unspecified atom stereocenters. The van der Waals surface area contributed by atoms with Gasteiger partial charge in [0.05, 0.1) is 23.1 Å². The van der Waals surface area contributed by atoms with E-state index >= 15 is 0 Å². The zero-order valence-corrected chi connectivity index (χ0v) is 15.9. The zero-order chi connectivity index (χ0) is 19.3. The van der Waals surface area contributed by atoms with Crippen LogP contribution >= 0.6 is 0 Å². The predicted octanol–water partition coefficient (Wildman–Crippen LogP) is 4.64. The number of anilines is 1. The molecule has 0 aliphatic heterocycles. The van der Waals surface area contributed by atoms with Crippen molar-refractivity contribution in [2.75, 3.05) is 18.5 Å². The summed E-state index contributed by atoms with van der Waals surface area (Å²) in [7, 11) is 0. The molecule has 1 aromatic heterocycles. The second kappa shape index (κ2) is 8.09. The lowest BCUT2D eigenvalue weighted by Crippen LogP contribution is -2.17. The Labute approximate surface area is 164 Å². The van der Waals surface area contributed by atoms with E-state index in [-0.39, 0.29) is 5.97 Å². The number of rotatable bonds is 6. The number of hydrogen-bond donors (Lipinski definition) is 1. The van der Waals surface area contributed by atoms with E-state index in [4.69, 9.17) is 4.74 Å². The number of benzene rings is 3. The standard InChI is InChI=1S/C24H22N2O2/c1-2-28-24(27)21-16-26-22-19-11-7-6-10-18(19)12-13-20(22)23(21)25-15-14-17-8-4-3-5-9-17/h3-13,16H,2,14-15H2,1H3,(H,25,26)/p+1. The van der Waals surface area contributed by atoms with Crippen LogP contribution in [0, 0.1) is 0 Å². The van der Waals surface area contributed by atoms with E-state index in [2.05, 4.69) is 46.7 Å². The molecule has 0 saturated carbocycles. The molecular formula is C24H23N2O2+. The molecule has 4 heteroatoms. The Kier molecular flexibility index (Phi) is 5.20. The third kappa shape index (κ3) is 3.54. The molecule has 3 aromatic carbocycles. The molecule has 0 atom stereocenters. The first-order valence-corrected chi connectivity index (χ1v) is 9.59. The van der Waals surface area contributed by atoms with Crippen molar-refractivity contribution in [3.63, 3.8) is 0 Å². The highest BCUT2D eigenvalue weighted by Crippen LogP contribution is 2.30. The Hall–Kier alpha value is -3.40. The molecule has 0 aliphatic rings. The molecule has 0 spiro atoms. The largest absolute Gasteiger partial charge is 0.462 e. The maximum Gasteiger partial charge on any atom is 0.346 e. The smallest absolute Gasteiger partial charge is 0.346 e. The Morgan fingerprint density at radius 1 is 0.964 bits per heavy atom. The minimum absolute atomic E-state index is 0.323. The predicted molar refractivity (Wildman–Crippen MR) is 113 cm³/mol. The molecule has 0 bridgehead atoms. The maximum absolute atomic E-state index is 12.5. The fourth-order valence-corrected chi connectivity index (χ4v) is 3.53. The number of aromatic nitrogens is 1. The molecule has 1 heterocycles. The van der Waals surface area contributed by atoms with E-state index in [0.717, 1.165) is 40.3 Å². The zero-order valence-electron chi connectivity index (χ0n) is 15.9. The van der Waals surface area contributed by atoms with E-state index < -0.39 is 0 Å². The topological polar surface area (TPSA) is 52.5 Å². The van der Waals surface area contributed by atoms with Gasteiger partial charge in [-0.2, -0.15) is 0 Å². The summed E-state index contributed by atoms with van der Waals surface area (Å²) < 4.78 is 5.27. The summed E-state index contributed by atoms with van der Waals surface area (Å²) in [6.07, 6.45) is 2.62. The third-order valence-electron chi connectivity index (χ3n) is 4.88. The Balaban J connectivity index is 1.76. The van der Waals surface area contributed by atoms with E-state index in [9.17, 15) is 4.79 Å². The summed E-state index contributed by atoms with van der Waals surface area (Å²) >= 11 is 0. The number of nitrogens with one attached hydrogen (secondary N) is 2. The molecule has 2 N–H and O–H groups in total. The van der Waals surface area contributed by atoms with E-state index in [1.807, 2.05) is 37.3 Å². The number of pyridine rings is 1. The summed E-state index contributed by atoms with van der Waals surface area (Å²) in [6, 6.07) is 22.7. The number of ether oxygens (including phenoxy) is 1. The van der Waals surface area contributed by atoms with Crippen LogP contribution in [0.1, 0.15) is 22.8 Å². The highest BCUT2D eigenvalue weighted by atomic mass is 16.5. The van der Waals surface area contributed by atoms with Crippen molar-refractivity contribution in [2.24, 2.45) is 0 Å². The fraction of sp³-hybridized carbons (Fsp3) is 0.167. The minimum atomic E-state index is -0.323. The molecule has 0 radical (unpaired) electrons. The van der Waals surface area contributed by atoms with E-state index in [1.165, 1.54) is 5.56 Å². The van der Waals surface area contributed by atoms with Crippen molar-refractivity contribution in [2.45, 2.75) is 13.3 Å². The lowest BCUT2D eigenvalue weighted by molar-refractivity contribution is -0.343. The molecular weight excluding hydrogens is 348 g/mol. The van der Waals surface area contributed by atoms with Gasteiger partial charge in [-0.1, -0.05) is 54.6 Å². The minimum Gasteiger partial charge on any atom is -0.462 e. The van der Waals surface area contributed by atoms with Gasteiger partial charge in [-0.15, -0.1) is 0 Å². The Morgan fingerprint density at radius 2 is 1.75 bits per heavy atom. The summed E-state index contributed by atoms with van der Waals surface area (Å²) in [5.41, 5.74) is 3.60. The second-order valence-corrected chi connectivity index (χ2v) is 6.67. The van der Waals surface area contributed by atoms with Crippen LogP contribution < -0.4 is 10.3 Å². The first-order chi connectivity index (χ1) is 13.8. The number of esters is 1. The molecule has 28 heavy (non-hydrogen) atoms. The van der Waals surface area contributed by atoms with Gasteiger partial charge in [0.25, 0.3) is 0 Å². The molecule has 4 aromatic rings. The third-order valence-corrected chi connectivity index (χ3v) is 4.88. The first-order valence-electron chi connectivity index (χ1n) is 9.59. The average molecular weight is 371 g/mol. The summed E-state index contributed by atoms with van der Waals surface area (Å²) in [6.45, 7) is 2.89. The molecule has 0 saturated heterocycles. The van der Waals surface area contributed by atoms with Crippen LogP contribution in [-0.4, -0.2) is 19.1 Å². The molecule has 4 nitrogen and oxygen atoms in total. The maximum atomic E-state index is 12.5. The summed E-state index contributed by atoms with van der Waals surface area (Å²) in [5.74, 6) is -0.323. The van der Waals surface area contributed by atoms with Crippen LogP contribution in [-0.2, 0) is 11.2 Å². The van der Waals surface area contributed by atoms with Crippen LogP contribution in [0.2, 0.25) is 0 Å². The van der Waals surface area contributed by atoms with Gasteiger partial charge in [0.15, 0.2) is 6.20 Å². The average Bonchev–Trinajstić information content (AvgIpc) is 2.74. The van der Waals surface area contributed by atoms with E-state index in [0.29, 0.717) is 12.2 Å². The number of carbonyl (C=O) groups is 1. The molecule has 0 aliphatic carbocycles. The Morgan fingerprint density at radius 3 is 2.57 bits per heavy atom. The molecule has 0 amide bonds. The van der Waals surface area contributed by atoms with Crippen molar-refractivity contribution in [3.05, 3.63) is 84.1 Å². The van der Waals surface area contributed by atoms with Crippen LogP contribution in [0.4, 0.5) is 5.69 Å². The van der Waals surface area contributed by atoms with E-state index in [1.54, 1.807) is 6.20 Å². The SMILES string of the molecule is CCOC(=O)c1c[nH+]c2c(ccc3ccccc32)c1NCCc1ccccc1. The molecule has 0 fully saturated rings. The highest BCUT2D eigenvalue weighted by molar-refractivity contribution is 6.11. The van der Waals surface area contributed by atoms with Crippen molar-refractivity contribution in [1.29, 1.82) is 0 Å². The Bertz CT molecular complexity index is 1120. The second-order valence-electron chi connectivity index (χ2n) is 6.67. The normalized spacial score (nSPS) is 10.9. The number of hydrogen-bond acceptors (Lipinski definition) is 3. The lowest BCUT2D eigenvalue weighted by atomic mass is 10.0. The van der Waals surface area contributed by atoms with Gasteiger partial charge in [-0.25, -0.2) is 9.78 Å². The monoisotopic (exact) mass is 371 g/mol. The highest BCUT2D eigenvalue weighted by Gasteiger charge is 2.21. The first kappa shape index (κ1) is 18.0. The fourth-order valence-electron chi connectivity index (χ4n) is 3.53. The lowest BCUT2D eigenvalue weighted by Gasteiger charge is -2.12.